The molecule has 0 atom stereocenters. The summed E-state index contributed by atoms with van der Waals surface area (Å²) in [5.74, 6) is 0.318. The third kappa shape index (κ3) is 2.20. The molecule has 0 saturated heterocycles. The van der Waals surface area contributed by atoms with Gasteiger partial charge in [-0.25, -0.2) is 0 Å². The van der Waals surface area contributed by atoms with E-state index < -0.39 is 0 Å². The Labute approximate surface area is 141 Å². The zero-order chi connectivity index (χ0) is 16.7. The van der Waals surface area contributed by atoms with E-state index in [-0.39, 0.29) is 0 Å². The summed E-state index contributed by atoms with van der Waals surface area (Å²) in [5, 5.41) is 28.2. The SMILES string of the molecule is Cc1nn(O)c(C2CCCCC2)c1N1CC(C#N)=C2C=CC=CN21. The first-order valence-electron chi connectivity index (χ1n) is 8.54. The zero-order valence-electron chi connectivity index (χ0n) is 13.8. The number of hydrogen-bond donors (Lipinski definition) is 1. The average Bonchev–Trinajstić information content (AvgIpc) is 3.12. The fourth-order valence-corrected chi connectivity index (χ4v) is 4.05. The fourth-order valence-electron chi connectivity index (χ4n) is 4.05. The van der Waals surface area contributed by atoms with E-state index in [2.05, 4.69) is 16.2 Å². The van der Waals surface area contributed by atoms with Crippen LogP contribution in [0.5, 0.6) is 0 Å². The van der Waals surface area contributed by atoms with Crippen molar-refractivity contribution < 1.29 is 5.21 Å². The van der Waals surface area contributed by atoms with Crippen LogP contribution in [0, 0.1) is 18.3 Å². The summed E-state index contributed by atoms with van der Waals surface area (Å²) in [6.45, 7) is 2.43. The molecule has 3 aliphatic rings. The van der Waals surface area contributed by atoms with Crippen LogP contribution in [0.3, 0.4) is 0 Å². The Bertz CT molecular complexity index is 789. The predicted molar refractivity (Wildman–Crippen MR) is 90.1 cm³/mol. The van der Waals surface area contributed by atoms with Gasteiger partial charge in [-0.2, -0.15) is 5.26 Å². The van der Waals surface area contributed by atoms with E-state index >= 15 is 0 Å². The average molecular weight is 323 g/mol. The molecule has 0 spiro atoms. The summed E-state index contributed by atoms with van der Waals surface area (Å²) in [4.78, 5) is 1.06. The maximum absolute atomic E-state index is 10.4. The van der Waals surface area contributed by atoms with Crippen LogP contribution in [0.1, 0.15) is 49.4 Å². The second-order valence-electron chi connectivity index (χ2n) is 6.62. The number of anilines is 1. The highest BCUT2D eigenvalue weighted by molar-refractivity contribution is 5.62. The molecular formula is C18H21N5O. The molecular weight excluding hydrogens is 302 g/mol. The van der Waals surface area contributed by atoms with Gasteiger partial charge in [0.15, 0.2) is 0 Å². The third-order valence-corrected chi connectivity index (χ3v) is 5.15. The molecule has 0 radical (unpaired) electrons. The van der Waals surface area contributed by atoms with Gasteiger partial charge in [0.1, 0.15) is 11.4 Å². The third-order valence-electron chi connectivity index (χ3n) is 5.15. The molecule has 0 unspecified atom stereocenters. The molecule has 2 aliphatic heterocycles. The van der Waals surface area contributed by atoms with Gasteiger partial charge in [0, 0.05) is 12.1 Å². The molecule has 124 valence electrons. The van der Waals surface area contributed by atoms with Crippen LogP contribution >= 0.6 is 0 Å². The largest absolute Gasteiger partial charge is 0.411 e. The number of hydrazine groups is 1. The van der Waals surface area contributed by atoms with Crippen molar-refractivity contribution in [1.82, 2.24) is 15.0 Å². The van der Waals surface area contributed by atoms with Crippen molar-refractivity contribution in [2.24, 2.45) is 0 Å². The lowest BCUT2D eigenvalue weighted by molar-refractivity contribution is 0.132. The number of aryl methyl sites for hydroxylation is 1. The monoisotopic (exact) mass is 323 g/mol. The standard InChI is InChI=1S/C18H21N5O/c1-13-17(18(23(24)20-13)14-7-3-2-4-8-14)22-12-15(11-19)16-9-5-6-10-21(16)22/h5-6,9-10,14,24H,2-4,7-8,12H2,1H3. The predicted octanol–water partition coefficient (Wildman–Crippen LogP) is 3.37. The van der Waals surface area contributed by atoms with E-state index in [1.54, 1.807) is 0 Å². The molecule has 0 bridgehead atoms. The Morgan fingerprint density at radius 3 is 2.79 bits per heavy atom. The molecule has 3 heterocycles. The number of rotatable bonds is 2. The Morgan fingerprint density at radius 1 is 1.25 bits per heavy atom. The molecule has 1 fully saturated rings. The Balaban J connectivity index is 1.77. The maximum atomic E-state index is 10.4. The highest BCUT2D eigenvalue weighted by atomic mass is 16.5. The van der Waals surface area contributed by atoms with Gasteiger partial charge < -0.3 is 5.21 Å². The van der Waals surface area contributed by atoms with Gasteiger partial charge in [-0.05, 0) is 31.9 Å². The molecule has 0 aromatic carbocycles. The number of fused-ring (bicyclic) bond motifs is 1. The van der Waals surface area contributed by atoms with Gasteiger partial charge in [0.25, 0.3) is 0 Å². The Morgan fingerprint density at radius 2 is 2.04 bits per heavy atom. The molecule has 6 nitrogen and oxygen atoms in total. The second-order valence-corrected chi connectivity index (χ2v) is 6.62. The molecule has 6 heteroatoms. The van der Waals surface area contributed by atoms with Crippen molar-refractivity contribution in [3.8, 4) is 6.07 Å². The first kappa shape index (κ1) is 14.9. The summed E-state index contributed by atoms with van der Waals surface area (Å²) in [6, 6.07) is 2.31. The van der Waals surface area contributed by atoms with Crippen molar-refractivity contribution in [3.63, 3.8) is 0 Å². The second kappa shape index (κ2) is 5.75. The van der Waals surface area contributed by atoms with Crippen LogP contribution in [0.15, 0.2) is 35.7 Å². The van der Waals surface area contributed by atoms with E-state index in [9.17, 15) is 10.5 Å². The van der Waals surface area contributed by atoms with Gasteiger partial charge in [-0.3, -0.25) is 10.0 Å². The summed E-state index contributed by atoms with van der Waals surface area (Å²) in [5.41, 5.74) is 4.25. The van der Waals surface area contributed by atoms with Crippen LogP contribution in [-0.4, -0.2) is 26.7 Å². The van der Waals surface area contributed by atoms with E-state index in [0.717, 1.165) is 46.0 Å². The molecule has 1 saturated carbocycles. The lowest BCUT2D eigenvalue weighted by Crippen LogP contribution is -2.35. The van der Waals surface area contributed by atoms with E-state index in [1.807, 2.05) is 36.4 Å². The van der Waals surface area contributed by atoms with Crippen LogP contribution in [0.2, 0.25) is 0 Å². The van der Waals surface area contributed by atoms with Gasteiger partial charge in [0.05, 0.1) is 29.6 Å². The number of hydrogen-bond acceptors (Lipinski definition) is 5. The molecule has 1 aromatic rings. The van der Waals surface area contributed by atoms with Crippen molar-refractivity contribution in [2.75, 3.05) is 11.6 Å². The Kier molecular flexibility index (Phi) is 3.57. The van der Waals surface area contributed by atoms with Crippen molar-refractivity contribution in [1.29, 1.82) is 5.26 Å². The summed E-state index contributed by atoms with van der Waals surface area (Å²) in [7, 11) is 0. The van der Waals surface area contributed by atoms with Crippen molar-refractivity contribution >= 4 is 5.69 Å². The number of nitrogens with zero attached hydrogens (tertiary/aromatic N) is 5. The van der Waals surface area contributed by atoms with E-state index in [0.29, 0.717) is 12.5 Å². The summed E-state index contributed by atoms with van der Waals surface area (Å²) < 4.78 is 0. The molecule has 4 rings (SSSR count). The van der Waals surface area contributed by atoms with Gasteiger partial charge >= 0.3 is 0 Å². The van der Waals surface area contributed by atoms with Crippen LogP contribution < -0.4 is 5.01 Å². The minimum absolute atomic E-state index is 0.318. The smallest absolute Gasteiger partial charge is 0.108 e. The minimum atomic E-state index is 0.318. The van der Waals surface area contributed by atoms with Crippen molar-refractivity contribution in [2.45, 2.75) is 44.9 Å². The molecule has 1 aliphatic carbocycles. The van der Waals surface area contributed by atoms with Gasteiger partial charge in [-0.15, -0.1) is 9.94 Å². The topological polar surface area (TPSA) is 68.3 Å². The molecule has 1 N–H and O–H groups in total. The summed E-state index contributed by atoms with van der Waals surface area (Å²) in [6.07, 6.45) is 13.6. The zero-order valence-corrected chi connectivity index (χ0v) is 13.8. The van der Waals surface area contributed by atoms with Gasteiger partial charge in [-0.1, -0.05) is 25.3 Å². The quantitative estimate of drug-likeness (QED) is 0.845. The molecule has 0 amide bonds. The first-order valence-corrected chi connectivity index (χ1v) is 8.54. The van der Waals surface area contributed by atoms with E-state index in [1.165, 1.54) is 19.3 Å². The lowest BCUT2D eigenvalue weighted by atomic mass is 9.86. The maximum Gasteiger partial charge on any atom is 0.108 e. The highest BCUT2D eigenvalue weighted by Crippen LogP contribution is 2.42. The van der Waals surface area contributed by atoms with E-state index in [4.69, 9.17) is 0 Å². The normalized spacial score (nSPS) is 20.7. The lowest BCUT2D eigenvalue weighted by Gasteiger charge is -2.33. The van der Waals surface area contributed by atoms with Gasteiger partial charge in [0.2, 0.25) is 0 Å². The number of nitriles is 1. The summed E-state index contributed by atoms with van der Waals surface area (Å²) >= 11 is 0. The number of aromatic nitrogens is 2. The highest BCUT2D eigenvalue weighted by Gasteiger charge is 2.35. The van der Waals surface area contributed by atoms with Crippen LogP contribution in [0.25, 0.3) is 0 Å². The minimum Gasteiger partial charge on any atom is -0.411 e. The number of allylic oxidation sites excluding steroid dienone is 3. The van der Waals surface area contributed by atoms with Crippen LogP contribution in [0.4, 0.5) is 5.69 Å². The molecule has 1 aromatic heterocycles. The van der Waals surface area contributed by atoms with Crippen LogP contribution in [-0.2, 0) is 0 Å². The molecule has 24 heavy (non-hydrogen) atoms. The fraction of sp³-hybridized carbons (Fsp3) is 0.444. The Hall–Kier alpha value is -2.68. The first-order chi connectivity index (χ1) is 11.7. The van der Waals surface area contributed by atoms with Crippen molar-refractivity contribution in [3.05, 3.63) is 47.1 Å².